The van der Waals surface area contributed by atoms with E-state index in [2.05, 4.69) is 13.0 Å². The van der Waals surface area contributed by atoms with Crippen LogP contribution in [0, 0.1) is 5.92 Å². The molecule has 1 aromatic rings. The van der Waals surface area contributed by atoms with Crippen molar-refractivity contribution >= 4 is 0 Å². The summed E-state index contributed by atoms with van der Waals surface area (Å²) in [5.41, 5.74) is 1.20. The number of aliphatic hydroxyl groups is 1. The highest BCUT2D eigenvalue weighted by molar-refractivity contribution is 5.28. The second kappa shape index (κ2) is 8.95. The minimum atomic E-state index is 0.201. The molecule has 18 heavy (non-hydrogen) atoms. The van der Waals surface area contributed by atoms with Gasteiger partial charge in [0, 0.05) is 19.8 Å². The van der Waals surface area contributed by atoms with Crippen molar-refractivity contribution < 1.29 is 14.6 Å². The van der Waals surface area contributed by atoms with Crippen LogP contribution in [-0.4, -0.2) is 32.0 Å². The Labute approximate surface area is 110 Å². The molecule has 0 saturated heterocycles. The van der Waals surface area contributed by atoms with Gasteiger partial charge in [-0.2, -0.15) is 0 Å². The Balaban J connectivity index is 2.41. The van der Waals surface area contributed by atoms with Crippen LogP contribution < -0.4 is 4.74 Å². The van der Waals surface area contributed by atoms with Gasteiger partial charge in [0.05, 0.1) is 7.11 Å². The summed E-state index contributed by atoms with van der Waals surface area (Å²) in [5.74, 6) is 1.13. The monoisotopic (exact) mass is 252 g/mol. The summed E-state index contributed by atoms with van der Waals surface area (Å²) in [4.78, 5) is 0. The molecule has 0 aliphatic carbocycles. The Kier molecular flexibility index (Phi) is 7.46. The highest BCUT2D eigenvalue weighted by atomic mass is 16.5. The van der Waals surface area contributed by atoms with Gasteiger partial charge in [0.1, 0.15) is 5.75 Å². The van der Waals surface area contributed by atoms with Gasteiger partial charge in [-0.3, -0.25) is 0 Å². The number of hydrogen-bond donors (Lipinski definition) is 1. The maximum atomic E-state index is 9.38. The Morgan fingerprint density at radius 1 is 1.28 bits per heavy atom. The highest BCUT2D eigenvalue weighted by Gasteiger charge is 2.09. The van der Waals surface area contributed by atoms with Crippen LogP contribution >= 0.6 is 0 Å². The molecule has 1 atom stereocenters. The molecule has 0 heterocycles. The highest BCUT2D eigenvalue weighted by Crippen LogP contribution is 2.17. The average Bonchev–Trinajstić information content (AvgIpc) is 2.42. The Morgan fingerprint density at radius 3 is 2.78 bits per heavy atom. The largest absolute Gasteiger partial charge is 0.497 e. The smallest absolute Gasteiger partial charge is 0.119 e. The van der Waals surface area contributed by atoms with Crippen LogP contribution in [0.2, 0.25) is 0 Å². The maximum absolute atomic E-state index is 9.38. The standard InChI is InChI=1S/C15H24O3/c1-3-8-18-9-7-14(12-16)10-13-5-4-6-15(11-13)17-2/h4-6,11,14,16H,3,7-10,12H2,1-2H3. The number of aliphatic hydroxyl groups excluding tert-OH is 1. The predicted octanol–water partition coefficient (Wildman–Crippen LogP) is 2.66. The maximum Gasteiger partial charge on any atom is 0.119 e. The molecule has 3 heteroatoms. The first-order chi connectivity index (χ1) is 8.80. The molecular formula is C15H24O3. The van der Waals surface area contributed by atoms with E-state index in [4.69, 9.17) is 9.47 Å². The van der Waals surface area contributed by atoms with E-state index in [0.717, 1.165) is 38.2 Å². The molecule has 1 aromatic carbocycles. The van der Waals surface area contributed by atoms with E-state index < -0.39 is 0 Å². The molecule has 1 rings (SSSR count). The van der Waals surface area contributed by atoms with Crippen LogP contribution in [0.25, 0.3) is 0 Å². The van der Waals surface area contributed by atoms with Crippen molar-refractivity contribution in [3.05, 3.63) is 29.8 Å². The van der Waals surface area contributed by atoms with Crippen LogP contribution in [-0.2, 0) is 11.2 Å². The second-order valence-electron chi connectivity index (χ2n) is 4.51. The lowest BCUT2D eigenvalue weighted by Gasteiger charge is -2.14. The molecule has 0 aliphatic rings. The van der Waals surface area contributed by atoms with Crippen molar-refractivity contribution in [3.63, 3.8) is 0 Å². The molecular weight excluding hydrogens is 228 g/mol. The fourth-order valence-electron chi connectivity index (χ4n) is 1.89. The molecule has 0 aromatic heterocycles. The summed E-state index contributed by atoms with van der Waals surface area (Å²) in [6, 6.07) is 8.01. The molecule has 0 saturated carbocycles. The van der Waals surface area contributed by atoms with Crippen molar-refractivity contribution in [1.29, 1.82) is 0 Å². The summed E-state index contributed by atoms with van der Waals surface area (Å²) in [6.45, 7) is 3.83. The van der Waals surface area contributed by atoms with Gasteiger partial charge >= 0.3 is 0 Å². The van der Waals surface area contributed by atoms with Crippen molar-refractivity contribution in [1.82, 2.24) is 0 Å². The zero-order valence-corrected chi connectivity index (χ0v) is 11.4. The van der Waals surface area contributed by atoms with Crippen LogP contribution in [0.3, 0.4) is 0 Å². The summed E-state index contributed by atoms with van der Waals surface area (Å²) >= 11 is 0. The fourth-order valence-corrected chi connectivity index (χ4v) is 1.89. The summed E-state index contributed by atoms with van der Waals surface area (Å²) in [5, 5.41) is 9.38. The molecule has 0 fully saturated rings. The molecule has 102 valence electrons. The normalized spacial score (nSPS) is 12.4. The summed E-state index contributed by atoms with van der Waals surface area (Å²) < 4.78 is 10.7. The third kappa shape index (κ3) is 5.52. The SMILES string of the molecule is CCCOCCC(CO)Cc1cccc(OC)c1. The lowest BCUT2D eigenvalue weighted by atomic mass is 9.97. The molecule has 1 N–H and O–H groups in total. The molecule has 3 nitrogen and oxygen atoms in total. The minimum absolute atomic E-state index is 0.201. The average molecular weight is 252 g/mol. The van der Waals surface area contributed by atoms with E-state index in [9.17, 15) is 5.11 Å². The van der Waals surface area contributed by atoms with Crippen molar-refractivity contribution in [2.75, 3.05) is 26.9 Å². The van der Waals surface area contributed by atoms with Gasteiger partial charge in [0.15, 0.2) is 0 Å². The number of rotatable bonds is 9. The third-order valence-electron chi connectivity index (χ3n) is 2.94. The van der Waals surface area contributed by atoms with Gasteiger partial charge < -0.3 is 14.6 Å². The van der Waals surface area contributed by atoms with Gasteiger partial charge in [0.25, 0.3) is 0 Å². The second-order valence-corrected chi connectivity index (χ2v) is 4.51. The Hall–Kier alpha value is -1.06. The van der Waals surface area contributed by atoms with Crippen LogP contribution in [0.1, 0.15) is 25.3 Å². The zero-order chi connectivity index (χ0) is 13.2. The van der Waals surface area contributed by atoms with Crippen molar-refractivity contribution in [3.8, 4) is 5.75 Å². The molecule has 0 aliphatic heterocycles. The van der Waals surface area contributed by atoms with Crippen molar-refractivity contribution in [2.24, 2.45) is 5.92 Å². The molecule has 0 bridgehead atoms. The zero-order valence-electron chi connectivity index (χ0n) is 11.4. The van der Waals surface area contributed by atoms with E-state index in [1.54, 1.807) is 7.11 Å². The van der Waals surface area contributed by atoms with Crippen LogP contribution in [0.15, 0.2) is 24.3 Å². The van der Waals surface area contributed by atoms with Crippen LogP contribution in [0.5, 0.6) is 5.75 Å². The Bertz CT molecular complexity index is 325. The van der Waals surface area contributed by atoms with Crippen molar-refractivity contribution in [2.45, 2.75) is 26.2 Å². The molecule has 0 amide bonds. The van der Waals surface area contributed by atoms with Gasteiger partial charge in [-0.05, 0) is 42.9 Å². The lowest BCUT2D eigenvalue weighted by Crippen LogP contribution is -2.13. The molecule has 1 unspecified atom stereocenters. The number of methoxy groups -OCH3 is 1. The minimum Gasteiger partial charge on any atom is -0.497 e. The van der Waals surface area contributed by atoms with E-state index in [1.807, 2.05) is 18.2 Å². The van der Waals surface area contributed by atoms with Gasteiger partial charge in [-0.15, -0.1) is 0 Å². The third-order valence-corrected chi connectivity index (χ3v) is 2.94. The first-order valence-electron chi connectivity index (χ1n) is 6.61. The summed E-state index contributed by atoms with van der Waals surface area (Å²) in [6.07, 6.45) is 2.80. The van der Waals surface area contributed by atoms with Gasteiger partial charge in [0.2, 0.25) is 0 Å². The summed E-state index contributed by atoms with van der Waals surface area (Å²) in [7, 11) is 1.67. The lowest BCUT2D eigenvalue weighted by molar-refractivity contribution is 0.106. The molecule has 0 spiro atoms. The topological polar surface area (TPSA) is 38.7 Å². The van der Waals surface area contributed by atoms with Gasteiger partial charge in [-0.1, -0.05) is 19.1 Å². The van der Waals surface area contributed by atoms with Gasteiger partial charge in [-0.25, -0.2) is 0 Å². The van der Waals surface area contributed by atoms with E-state index >= 15 is 0 Å². The van der Waals surface area contributed by atoms with E-state index in [-0.39, 0.29) is 12.5 Å². The number of benzene rings is 1. The van der Waals surface area contributed by atoms with E-state index in [0.29, 0.717) is 0 Å². The fraction of sp³-hybridized carbons (Fsp3) is 0.600. The first-order valence-corrected chi connectivity index (χ1v) is 6.61. The Morgan fingerprint density at radius 2 is 2.11 bits per heavy atom. The number of ether oxygens (including phenoxy) is 2. The number of hydrogen-bond acceptors (Lipinski definition) is 3. The van der Waals surface area contributed by atoms with Crippen LogP contribution in [0.4, 0.5) is 0 Å². The predicted molar refractivity (Wildman–Crippen MR) is 73.0 cm³/mol. The molecule has 0 radical (unpaired) electrons. The van der Waals surface area contributed by atoms with E-state index in [1.165, 1.54) is 5.56 Å². The quantitative estimate of drug-likeness (QED) is 0.687. The first kappa shape index (κ1) is 15.0.